The summed E-state index contributed by atoms with van der Waals surface area (Å²) < 4.78 is 6.18. The van der Waals surface area contributed by atoms with Gasteiger partial charge in [0.15, 0.2) is 0 Å². The molecule has 0 amide bonds. The van der Waals surface area contributed by atoms with E-state index in [9.17, 15) is 4.79 Å². The second-order valence-electron chi connectivity index (χ2n) is 4.42. The van der Waals surface area contributed by atoms with E-state index in [2.05, 4.69) is 52.6 Å². The average molecular weight is 361 g/mol. The fraction of sp³-hybridized carbons (Fsp3) is 0.500. The fourth-order valence-corrected chi connectivity index (χ4v) is 2.78. The summed E-state index contributed by atoms with van der Waals surface area (Å²) in [5, 5.41) is 0. The first-order valence-corrected chi connectivity index (χ1v) is 7.18. The van der Waals surface area contributed by atoms with Gasteiger partial charge in [0.2, 0.25) is 0 Å². The van der Waals surface area contributed by atoms with Gasteiger partial charge in [-0.25, -0.2) is 0 Å². The smallest absolute Gasteiger partial charge is 0.307 e. The summed E-state index contributed by atoms with van der Waals surface area (Å²) in [5.41, 5.74) is 2.40. The topological polar surface area (TPSA) is 29.5 Å². The Balaban J connectivity index is 2.73. The van der Waals surface area contributed by atoms with Crippen molar-refractivity contribution < 1.29 is 9.53 Å². The molecule has 4 heteroatoms. The van der Waals surface area contributed by atoms with E-state index in [1.54, 1.807) is 0 Å². The van der Waals surface area contributed by atoms with Gasteiger partial charge in [0.05, 0.1) is 18.7 Å². The number of aryl methyl sites for hydroxylation is 1. The molecular formula is C14H20INO2. The van der Waals surface area contributed by atoms with Crippen molar-refractivity contribution in [2.45, 2.75) is 33.2 Å². The molecule has 0 radical (unpaired) electrons. The molecule has 3 nitrogen and oxygen atoms in total. The first kappa shape index (κ1) is 15.3. The van der Waals surface area contributed by atoms with Crippen LogP contribution in [0.4, 0.5) is 5.69 Å². The standard InChI is InChI=1S/C14H20INO2/c1-5-18-14(17)9-11(3)16(4)13-7-6-10(2)8-12(13)15/h6-8,11H,5,9H2,1-4H3. The van der Waals surface area contributed by atoms with Gasteiger partial charge in [-0.2, -0.15) is 0 Å². The van der Waals surface area contributed by atoms with Crippen LogP contribution in [0.5, 0.6) is 0 Å². The van der Waals surface area contributed by atoms with E-state index in [1.165, 1.54) is 9.13 Å². The maximum absolute atomic E-state index is 11.5. The van der Waals surface area contributed by atoms with Crippen molar-refractivity contribution in [2.75, 3.05) is 18.6 Å². The summed E-state index contributed by atoms with van der Waals surface area (Å²) in [4.78, 5) is 13.6. The number of nitrogens with zero attached hydrogens (tertiary/aromatic N) is 1. The van der Waals surface area contributed by atoms with Crippen LogP contribution in [0.15, 0.2) is 18.2 Å². The van der Waals surface area contributed by atoms with Crippen LogP contribution in [0.25, 0.3) is 0 Å². The molecule has 100 valence electrons. The third-order valence-electron chi connectivity index (χ3n) is 2.91. The van der Waals surface area contributed by atoms with E-state index in [0.717, 1.165) is 5.69 Å². The SMILES string of the molecule is CCOC(=O)CC(C)N(C)c1ccc(C)cc1I. The zero-order valence-corrected chi connectivity index (χ0v) is 13.5. The van der Waals surface area contributed by atoms with E-state index in [0.29, 0.717) is 13.0 Å². The van der Waals surface area contributed by atoms with Crippen LogP contribution < -0.4 is 4.90 Å². The highest BCUT2D eigenvalue weighted by Crippen LogP contribution is 2.25. The zero-order valence-electron chi connectivity index (χ0n) is 11.4. The molecule has 0 heterocycles. The van der Waals surface area contributed by atoms with Crippen LogP contribution in [0, 0.1) is 10.5 Å². The third kappa shape index (κ3) is 4.15. The lowest BCUT2D eigenvalue weighted by atomic mass is 10.1. The number of benzene rings is 1. The van der Waals surface area contributed by atoms with Crippen molar-refractivity contribution in [1.29, 1.82) is 0 Å². The van der Waals surface area contributed by atoms with E-state index in [4.69, 9.17) is 4.74 Å². The molecule has 1 aromatic carbocycles. The van der Waals surface area contributed by atoms with Crippen molar-refractivity contribution in [3.8, 4) is 0 Å². The number of ether oxygens (including phenoxy) is 1. The quantitative estimate of drug-likeness (QED) is 0.595. The van der Waals surface area contributed by atoms with Crippen molar-refractivity contribution in [1.82, 2.24) is 0 Å². The van der Waals surface area contributed by atoms with Crippen molar-refractivity contribution in [2.24, 2.45) is 0 Å². The van der Waals surface area contributed by atoms with Gasteiger partial charge in [0.1, 0.15) is 0 Å². The highest BCUT2D eigenvalue weighted by atomic mass is 127. The number of esters is 1. The highest BCUT2D eigenvalue weighted by Gasteiger charge is 2.16. The summed E-state index contributed by atoms with van der Waals surface area (Å²) in [6, 6.07) is 6.45. The number of rotatable bonds is 5. The predicted molar refractivity (Wildman–Crippen MR) is 83.0 cm³/mol. The molecule has 1 unspecified atom stereocenters. The number of hydrogen-bond acceptors (Lipinski definition) is 3. The van der Waals surface area contributed by atoms with E-state index in [-0.39, 0.29) is 12.0 Å². The Morgan fingerprint density at radius 2 is 2.17 bits per heavy atom. The van der Waals surface area contributed by atoms with Crippen molar-refractivity contribution in [3.05, 3.63) is 27.3 Å². The van der Waals surface area contributed by atoms with Crippen LogP contribution in [0.2, 0.25) is 0 Å². The van der Waals surface area contributed by atoms with Gasteiger partial charge >= 0.3 is 5.97 Å². The second-order valence-corrected chi connectivity index (χ2v) is 5.59. The van der Waals surface area contributed by atoms with Crippen LogP contribution in [-0.2, 0) is 9.53 Å². The second kappa shape index (κ2) is 6.97. The van der Waals surface area contributed by atoms with Gasteiger partial charge in [0, 0.05) is 16.7 Å². The lowest BCUT2D eigenvalue weighted by Gasteiger charge is -2.27. The largest absolute Gasteiger partial charge is 0.466 e. The van der Waals surface area contributed by atoms with Gasteiger partial charge in [-0.1, -0.05) is 6.07 Å². The molecule has 18 heavy (non-hydrogen) atoms. The van der Waals surface area contributed by atoms with Gasteiger partial charge in [-0.15, -0.1) is 0 Å². The van der Waals surface area contributed by atoms with Crippen molar-refractivity contribution in [3.63, 3.8) is 0 Å². The maximum atomic E-state index is 11.5. The summed E-state index contributed by atoms with van der Waals surface area (Å²) in [7, 11) is 2.01. The number of carbonyl (C=O) groups is 1. The molecule has 0 saturated carbocycles. The first-order chi connectivity index (χ1) is 8.45. The van der Waals surface area contributed by atoms with Crippen molar-refractivity contribution >= 4 is 34.2 Å². The van der Waals surface area contributed by atoms with Gasteiger partial charge in [-0.05, 0) is 61.1 Å². The van der Waals surface area contributed by atoms with Crippen LogP contribution >= 0.6 is 22.6 Å². The minimum absolute atomic E-state index is 0.125. The Bertz CT molecular complexity index is 420. The lowest BCUT2D eigenvalue weighted by Crippen LogP contribution is -2.32. The summed E-state index contributed by atoms with van der Waals surface area (Å²) in [5.74, 6) is -0.140. The molecule has 0 N–H and O–H groups in total. The molecule has 0 bridgehead atoms. The number of hydrogen-bond donors (Lipinski definition) is 0. The lowest BCUT2D eigenvalue weighted by molar-refractivity contribution is -0.143. The monoisotopic (exact) mass is 361 g/mol. The zero-order chi connectivity index (χ0) is 13.7. The third-order valence-corrected chi connectivity index (χ3v) is 3.78. The number of anilines is 1. The summed E-state index contributed by atoms with van der Waals surface area (Å²) in [6.45, 7) is 6.38. The molecule has 1 rings (SSSR count). The highest BCUT2D eigenvalue weighted by molar-refractivity contribution is 14.1. The Morgan fingerprint density at radius 3 is 2.72 bits per heavy atom. The molecule has 0 aliphatic rings. The molecule has 0 aliphatic carbocycles. The van der Waals surface area contributed by atoms with Gasteiger partial charge in [-0.3, -0.25) is 4.79 Å². The summed E-state index contributed by atoms with van der Waals surface area (Å²) >= 11 is 2.33. The van der Waals surface area contributed by atoms with E-state index in [1.807, 2.05) is 20.9 Å². The minimum Gasteiger partial charge on any atom is -0.466 e. The maximum Gasteiger partial charge on any atom is 0.307 e. The van der Waals surface area contributed by atoms with Crippen LogP contribution in [-0.4, -0.2) is 25.7 Å². The fourth-order valence-electron chi connectivity index (χ4n) is 1.73. The normalized spacial score (nSPS) is 12.1. The van der Waals surface area contributed by atoms with Crippen LogP contribution in [0.1, 0.15) is 25.8 Å². The molecule has 0 saturated heterocycles. The Kier molecular flexibility index (Phi) is 5.91. The molecule has 0 aromatic heterocycles. The molecule has 0 fully saturated rings. The average Bonchev–Trinajstić information content (AvgIpc) is 2.28. The first-order valence-electron chi connectivity index (χ1n) is 6.10. The van der Waals surface area contributed by atoms with E-state index >= 15 is 0 Å². The molecule has 0 spiro atoms. The molecule has 0 aliphatic heterocycles. The number of carbonyl (C=O) groups excluding carboxylic acids is 1. The molecule has 1 aromatic rings. The van der Waals surface area contributed by atoms with E-state index < -0.39 is 0 Å². The van der Waals surface area contributed by atoms with Crippen LogP contribution in [0.3, 0.4) is 0 Å². The summed E-state index contributed by atoms with van der Waals surface area (Å²) in [6.07, 6.45) is 0.411. The Morgan fingerprint density at radius 1 is 1.50 bits per heavy atom. The predicted octanol–water partition coefficient (Wildman–Crippen LogP) is 3.38. The number of halogens is 1. The van der Waals surface area contributed by atoms with Gasteiger partial charge < -0.3 is 9.64 Å². The molecule has 1 atom stereocenters. The van der Waals surface area contributed by atoms with Gasteiger partial charge in [0.25, 0.3) is 0 Å². The Hall–Kier alpha value is -0.780. The Labute approximate surface area is 123 Å². The minimum atomic E-state index is -0.140. The molecular weight excluding hydrogens is 341 g/mol.